The van der Waals surface area contributed by atoms with Gasteiger partial charge in [0.05, 0.1) is 6.61 Å². The van der Waals surface area contributed by atoms with Crippen molar-refractivity contribution in [1.82, 2.24) is 0 Å². The van der Waals surface area contributed by atoms with Crippen molar-refractivity contribution in [3.63, 3.8) is 0 Å². The summed E-state index contributed by atoms with van der Waals surface area (Å²) in [6, 6.07) is 0. The fourth-order valence-corrected chi connectivity index (χ4v) is 3.96. The average Bonchev–Trinajstić information content (AvgIpc) is 2.82. The first-order valence-electron chi connectivity index (χ1n) is 14.6. The lowest BCUT2D eigenvalue weighted by molar-refractivity contribution is -0.150. The molecular weight excluding hydrogens is 412 g/mol. The molecular formula is C29H58O4. The molecule has 0 saturated carbocycles. The van der Waals surface area contributed by atoms with Gasteiger partial charge in [0.1, 0.15) is 12.7 Å². The maximum atomic E-state index is 12.1. The van der Waals surface area contributed by atoms with E-state index in [1.54, 1.807) is 0 Å². The third-order valence-corrected chi connectivity index (χ3v) is 6.21. The first-order valence-corrected chi connectivity index (χ1v) is 14.6. The molecule has 0 aromatic heterocycles. The van der Waals surface area contributed by atoms with Gasteiger partial charge in [0.15, 0.2) is 0 Å². The molecule has 0 radical (unpaired) electrons. The summed E-state index contributed by atoms with van der Waals surface area (Å²) in [5.41, 5.74) is 0. The predicted molar refractivity (Wildman–Crippen MR) is 141 cm³/mol. The molecule has 0 rings (SSSR count). The Morgan fingerprint density at radius 2 is 1.00 bits per heavy atom. The largest absolute Gasteiger partial charge is 0.463 e. The molecule has 198 valence electrons. The lowest BCUT2D eigenvalue weighted by atomic mass is 10.1. The molecule has 33 heavy (non-hydrogen) atoms. The van der Waals surface area contributed by atoms with Gasteiger partial charge in [-0.3, -0.25) is 4.79 Å². The van der Waals surface area contributed by atoms with Crippen LogP contribution in [0.4, 0.5) is 0 Å². The molecule has 0 aliphatic heterocycles. The molecule has 0 aromatic rings. The van der Waals surface area contributed by atoms with Crippen LogP contribution in [-0.2, 0) is 19.0 Å². The normalized spacial score (nSPS) is 12.2. The minimum atomic E-state index is -0.140. The number of esters is 1. The second-order valence-electron chi connectivity index (χ2n) is 9.66. The fourth-order valence-electron chi connectivity index (χ4n) is 3.96. The highest BCUT2D eigenvalue weighted by molar-refractivity contribution is 5.69. The van der Waals surface area contributed by atoms with Gasteiger partial charge in [0.2, 0.25) is 0 Å². The Kier molecular flexibility index (Phi) is 27.1. The Labute approximate surface area is 206 Å². The minimum absolute atomic E-state index is 0.0901. The monoisotopic (exact) mass is 470 g/mol. The van der Waals surface area contributed by atoms with Crippen LogP contribution < -0.4 is 0 Å². The van der Waals surface area contributed by atoms with Crippen molar-refractivity contribution < 1.29 is 19.0 Å². The summed E-state index contributed by atoms with van der Waals surface area (Å²) in [6.07, 6.45) is 23.9. The molecule has 1 atom stereocenters. The molecule has 0 aliphatic rings. The van der Waals surface area contributed by atoms with Gasteiger partial charge in [-0.25, -0.2) is 0 Å². The lowest BCUT2D eigenvalue weighted by Gasteiger charge is -2.18. The molecule has 0 fully saturated rings. The smallest absolute Gasteiger partial charge is 0.305 e. The second-order valence-corrected chi connectivity index (χ2v) is 9.66. The summed E-state index contributed by atoms with van der Waals surface area (Å²) in [5, 5.41) is 0. The van der Waals surface area contributed by atoms with Crippen molar-refractivity contribution in [1.29, 1.82) is 0 Å². The van der Waals surface area contributed by atoms with E-state index in [0.29, 0.717) is 19.6 Å². The second kappa shape index (κ2) is 27.6. The van der Waals surface area contributed by atoms with Crippen LogP contribution in [0, 0.1) is 0 Å². The van der Waals surface area contributed by atoms with Crippen LogP contribution >= 0.6 is 0 Å². The quantitative estimate of drug-likeness (QED) is 0.0888. The molecule has 0 N–H and O–H groups in total. The highest BCUT2D eigenvalue weighted by atomic mass is 16.6. The summed E-state index contributed by atoms with van der Waals surface area (Å²) < 4.78 is 17.4. The van der Waals surface area contributed by atoms with Gasteiger partial charge >= 0.3 is 5.97 Å². The third-order valence-electron chi connectivity index (χ3n) is 6.21. The summed E-state index contributed by atoms with van der Waals surface area (Å²) in [5.74, 6) is -0.0901. The highest BCUT2D eigenvalue weighted by Crippen LogP contribution is 2.10. The van der Waals surface area contributed by atoms with E-state index in [9.17, 15) is 4.79 Å². The highest BCUT2D eigenvalue weighted by Gasteiger charge is 2.13. The third kappa shape index (κ3) is 25.8. The first-order chi connectivity index (χ1) is 16.2. The van der Waals surface area contributed by atoms with E-state index in [2.05, 4.69) is 20.8 Å². The number of carbonyl (C=O) groups excluding carboxylic acids is 1. The summed E-state index contributed by atoms with van der Waals surface area (Å²) in [6.45, 7) is 9.07. The molecule has 0 spiro atoms. The van der Waals surface area contributed by atoms with Crippen LogP contribution in [-0.4, -0.2) is 38.5 Å². The van der Waals surface area contributed by atoms with Gasteiger partial charge in [-0.05, 0) is 19.3 Å². The zero-order chi connectivity index (χ0) is 24.2. The summed E-state index contributed by atoms with van der Waals surface area (Å²) in [4.78, 5) is 12.1. The van der Waals surface area contributed by atoms with E-state index in [0.717, 1.165) is 38.9 Å². The number of ether oxygens (including phenoxy) is 3. The molecule has 0 aliphatic carbocycles. The van der Waals surface area contributed by atoms with Gasteiger partial charge in [0, 0.05) is 19.6 Å². The van der Waals surface area contributed by atoms with Crippen molar-refractivity contribution in [3.05, 3.63) is 0 Å². The predicted octanol–water partition coefficient (Wildman–Crippen LogP) is 8.79. The van der Waals surface area contributed by atoms with Crippen LogP contribution in [0.1, 0.15) is 149 Å². The molecule has 0 aromatic carbocycles. The van der Waals surface area contributed by atoms with Crippen molar-refractivity contribution in [3.8, 4) is 0 Å². The summed E-state index contributed by atoms with van der Waals surface area (Å²) >= 11 is 0. The van der Waals surface area contributed by atoms with Gasteiger partial charge in [-0.2, -0.15) is 0 Å². The number of hydrogen-bond donors (Lipinski definition) is 0. The van der Waals surface area contributed by atoms with Gasteiger partial charge in [-0.15, -0.1) is 0 Å². The van der Waals surface area contributed by atoms with Gasteiger partial charge < -0.3 is 14.2 Å². The Balaban J connectivity index is 3.99. The SMILES string of the molecule is CCCCCCCCCC(=O)OCC(COCCCCCCCC)OCCCCCCCC. The van der Waals surface area contributed by atoms with E-state index in [1.165, 1.54) is 96.3 Å². The Morgan fingerprint density at radius 3 is 1.55 bits per heavy atom. The standard InChI is InChI=1S/C29H58O4/c1-4-7-10-13-16-17-20-23-29(30)33-27-28(32-25-22-19-15-12-9-6-3)26-31-24-21-18-14-11-8-5-2/h28H,4-27H2,1-3H3. The molecule has 1 unspecified atom stereocenters. The Morgan fingerprint density at radius 1 is 0.545 bits per heavy atom. The topological polar surface area (TPSA) is 44.8 Å². The van der Waals surface area contributed by atoms with Crippen LogP contribution in [0.15, 0.2) is 0 Å². The maximum Gasteiger partial charge on any atom is 0.305 e. The molecule has 4 heteroatoms. The summed E-state index contributed by atoms with van der Waals surface area (Å²) in [7, 11) is 0. The fraction of sp³-hybridized carbons (Fsp3) is 0.966. The molecule has 0 amide bonds. The number of carbonyl (C=O) groups is 1. The van der Waals surface area contributed by atoms with Crippen molar-refractivity contribution in [2.75, 3.05) is 26.4 Å². The first kappa shape index (κ1) is 32.4. The Hall–Kier alpha value is -0.610. The minimum Gasteiger partial charge on any atom is -0.463 e. The van der Waals surface area contributed by atoms with E-state index < -0.39 is 0 Å². The van der Waals surface area contributed by atoms with Crippen molar-refractivity contribution in [2.24, 2.45) is 0 Å². The van der Waals surface area contributed by atoms with E-state index in [4.69, 9.17) is 14.2 Å². The Bertz CT molecular complexity index is 386. The van der Waals surface area contributed by atoms with Crippen LogP contribution in [0.2, 0.25) is 0 Å². The van der Waals surface area contributed by atoms with Gasteiger partial charge in [0.25, 0.3) is 0 Å². The molecule has 4 nitrogen and oxygen atoms in total. The van der Waals surface area contributed by atoms with Crippen LogP contribution in [0.5, 0.6) is 0 Å². The van der Waals surface area contributed by atoms with Crippen molar-refractivity contribution >= 4 is 5.97 Å². The van der Waals surface area contributed by atoms with Gasteiger partial charge in [-0.1, -0.05) is 124 Å². The maximum absolute atomic E-state index is 12.1. The van der Waals surface area contributed by atoms with Crippen LogP contribution in [0.3, 0.4) is 0 Å². The average molecular weight is 471 g/mol. The van der Waals surface area contributed by atoms with Crippen molar-refractivity contribution in [2.45, 2.75) is 155 Å². The van der Waals surface area contributed by atoms with E-state index in [-0.39, 0.29) is 12.1 Å². The van der Waals surface area contributed by atoms with E-state index >= 15 is 0 Å². The molecule has 0 saturated heterocycles. The number of unbranched alkanes of at least 4 members (excludes halogenated alkanes) is 16. The number of hydrogen-bond acceptors (Lipinski definition) is 4. The zero-order valence-corrected chi connectivity index (χ0v) is 22.7. The zero-order valence-electron chi connectivity index (χ0n) is 22.7. The van der Waals surface area contributed by atoms with E-state index in [1.807, 2.05) is 0 Å². The lowest BCUT2D eigenvalue weighted by Crippen LogP contribution is -2.28. The number of rotatable bonds is 27. The molecule has 0 heterocycles. The van der Waals surface area contributed by atoms with Crippen LogP contribution in [0.25, 0.3) is 0 Å². The molecule has 0 bridgehead atoms.